The van der Waals surface area contributed by atoms with Crippen LogP contribution < -0.4 is 5.32 Å². The Morgan fingerprint density at radius 3 is 2.17 bits per heavy atom. The lowest BCUT2D eigenvalue weighted by Gasteiger charge is -2.30. The summed E-state index contributed by atoms with van der Waals surface area (Å²) in [6.45, 7) is 8.51. The molecule has 0 fully saturated rings. The van der Waals surface area contributed by atoms with E-state index in [4.69, 9.17) is 0 Å². The van der Waals surface area contributed by atoms with Crippen LogP contribution in [0.4, 0.5) is 4.79 Å². The average Bonchev–Trinajstić information content (AvgIpc) is 2.45. The van der Waals surface area contributed by atoms with Crippen LogP contribution >= 0.6 is 0 Å². The number of likely N-dealkylation sites (N-methyl/N-ethyl adjacent to an activating group) is 1. The molecule has 1 rings (SSSR count). The molecule has 1 aromatic rings. The van der Waals surface area contributed by atoms with Crippen molar-refractivity contribution in [3.05, 3.63) is 35.4 Å². The number of hydrogen-bond acceptors (Lipinski definition) is 3. The topological polar surface area (TPSA) is 55.8 Å². The molecular formula is C18H31N3O2. The van der Waals surface area contributed by atoms with Crippen LogP contribution in [0.25, 0.3) is 0 Å². The molecule has 2 unspecified atom stereocenters. The summed E-state index contributed by atoms with van der Waals surface area (Å²) in [4.78, 5) is 16.2. The van der Waals surface area contributed by atoms with Crippen LogP contribution in [0.2, 0.25) is 0 Å². The van der Waals surface area contributed by atoms with Crippen molar-refractivity contribution >= 4 is 6.03 Å². The second kappa shape index (κ2) is 8.89. The number of aryl methyl sites for hydroxylation is 1. The second-order valence-electron chi connectivity index (χ2n) is 6.67. The maximum absolute atomic E-state index is 12.4. The first-order chi connectivity index (χ1) is 10.7. The molecule has 0 saturated heterocycles. The van der Waals surface area contributed by atoms with E-state index in [2.05, 4.69) is 41.4 Å². The van der Waals surface area contributed by atoms with E-state index >= 15 is 0 Å². The molecule has 5 heteroatoms. The number of amides is 2. The van der Waals surface area contributed by atoms with Gasteiger partial charge in [0.2, 0.25) is 0 Å². The van der Waals surface area contributed by atoms with Crippen LogP contribution in [-0.4, -0.2) is 60.3 Å². The zero-order valence-corrected chi connectivity index (χ0v) is 15.2. The molecule has 1 aromatic carbocycles. The molecule has 0 aliphatic heterocycles. The van der Waals surface area contributed by atoms with Gasteiger partial charge in [-0.2, -0.15) is 0 Å². The lowest BCUT2D eigenvalue weighted by molar-refractivity contribution is 0.117. The number of carbonyl (C=O) groups excluding carboxylic acids is 1. The summed E-state index contributed by atoms with van der Waals surface area (Å²) in [7, 11) is 4.01. The third-order valence-corrected chi connectivity index (χ3v) is 3.88. The highest BCUT2D eigenvalue weighted by Gasteiger charge is 2.21. The number of nitrogens with one attached hydrogen (secondary N) is 1. The van der Waals surface area contributed by atoms with Gasteiger partial charge >= 0.3 is 6.03 Å². The number of hydrogen-bond donors (Lipinski definition) is 2. The van der Waals surface area contributed by atoms with Crippen LogP contribution in [0.1, 0.15) is 37.9 Å². The van der Waals surface area contributed by atoms with Gasteiger partial charge in [-0.15, -0.1) is 0 Å². The standard InChI is InChI=1S/C18H31N3O2/c1-13(2)21(12-15(4)22)18(23)19-11-17(20(5)6)16-9-7-14(3)8-10-16/h7-10,13,15,17,22H,11-12H2,1-6H3,(H,19,23). The largest absolute Gasteiger partial charge is 0.392 e. The van der Waals surface area contributed by atoms with Gasteiger partial charge < -0.3 is 20.2 Å². The summed E-state index contributed by atoms with van der Waals surface area (Å²) in [6.07, 6.45) is -0.537. The Bertz CT molecular complexity index is 484. The molecule has 2 amide bonds. The number of aliphatic hydroxyl groups excluding tert-OH is 1. The van der Waals surface area contributed by atoms with Crippen molar-refractivity contribution in [1.29, 1.82) is 0 Å². The molecule has 2 N–H and O–H groups in total. The van der Waals surface area contributed by atoms with Crippen molar-refractivity contribution < 1.29 is 9.90 Å². The number of urea groups is 1. The van der Waals surface area contributed by atoms with E-state index in [-0.39, 0.29) is 18.1 Å². The highest BCUT2D eigenvalue weighted by atomic mass is 16.3. The Kier molecular flexibility index (Phi) is 7.52. The molecule has 2 atom stereocenters. The summed E-state index contributed by atoms with van der Waals surface area (Å²) in [5.41, 5.74) is 2.39. The Labute approximate surface area is 140 Å². The fourth-order valence-corrected chi connectivity index (χ4v) is 2.49. The molecule has 0 heterocycles. The summed E-state index contributed by atoms with van der Waals surface area (Å²) < 4.78 is 0. The van der Waals surface area contributed by atoms with Gasteiger partial charge in [0.1, 0.15) is 0 Å². The molecule has 0 saturated carbocycles. The molecule has 0 aromatic heterocycles. The predicted octanol–water partition coefficient (Wildman–Crippen LogP) is 2.40. The molecule has 5 nitrogen and oxygen atoms in total. The minimum absolute atomic E-state index is 0.0433. The van der Waals surface area contributed by atoms with E-state index in [1.807, 2.05) is 27.9 Å². The SMILES string of the molecule is Cc1ccc(C(CNC(=O)N(CC(C)O)C(C)C)N(C)C)cc1. The molecule has 130 valence electrons. The fourth-order valence-electron chi connectivity index (χ4n) is 2.49. The first-order valence-electron chi connectivity index (χ1n) is 8.18. The van der Waals surface area contributed by atoms with Crippen LogP contribution in [0, 0.1) is 6.92 Å². The highest BCUT2D eigenvalue weighted by molar-refractivity contribution is 5.74. The van der Waals surface area contributed by atoms with Crippen molar-refractivity contribution in [2.75, 3.05) is 27.2 Å². The van der Waals surface area contributed by atoms with Crippen LogP contribution in [-0.2, 0) is 0 Å². The van der Waals surface area contributed by atoms with E-state index in [1.165, 1.54) is 11.1 Å². The number of carbonyl (C=O) groups is 1. The van der Waals surface area contributed by atoms with Crippen molar-refractivity contribution in [2.24, 2.45) is 0 Å². The fraction of sp³-hybridized carbons (Fsp3) is 0.611. The molecule has 0 radical (unpaired) electrons. The van der Waals surface area contributed by atoms with E-state index in [1.54, 1.807) is 11.8 Å². The minimum atomic E-state index is -0.537. The number of nitrogens with zero attached hydrogens (tertiary/aromatic N) is 2. The van der Waals surface area contributed by atoms with Gasteiger partial charge in [0, 0.05) is 19.1 Å². The van der Waals surface area contributed by atoms with Crippen LogP contribution in [0.15, 0.2) is 24.3 Å². The number of aliphatic hydroxyl groups is 1. The van der Waals surface area contributed by atoms with E-state index < -0.39 is 6.10 Å². The Hall–Kier alpha value is -1.59. The first kappa shape index (κ1) is 19.5. The highest BCUT2D eigenvalue weighted by Crippen LogP contribution is 2.18. The van der Waals surface area contributed by atoms with Gasteiger partial charge in [0.15, 0.2) is 0 Å². The summed E-state index contributed by atoms with van der Waals surface area (Å²) in [5, 5.41) is 12.6. The van der Waals surface area contributed by atoms with Gasteiger partial charge in [-0.3, -0.25) is 0 Å². The first-order valence-corrected chi connectivity index (χ1v) is 8.18. The summed E-state index contributed by atoms with van der Waals surface area (Å²) in [5.74, 6) is 0. The number of benzene rings is 1. The average molecular weight is 321 g/mol. The second-order valence-corrected chi connectivity index (χ2v) is 6.67. The van der Waals surface area contributed by atoms with E-state index in [9.17, 15) is 9.90 Å². The van der Waals surface area contributed by atoms with Gasteiger partial charge in [-0.05, 0) is 47.4 Å². The van der Waals surface area contributed by atoms with Crippen molar-refractivity contribution in [1.82, 2.24) is 15.1 Å². The van der Waals surface area contributed by atoms with Crippen LogP contribution in [0.3, 0.4) is 0 Å². The predicted molar refractivity (Wildman–Crippen MR) is 94.5 cm³/mol. The Morgan fingerprint density at radius 1 is 1.17 bits per heavy atom. The Morgan fingerprint density at radius 2 is 1.74 bits per heavy atom. The van der Waals surface area contributed by atoms with Gasteiger partial charge in [-0.1, -0.05) is 29.8 Å². The molecule has 0 aliphatic carbocycles. The van der Waals surface area contributed by atoms with Crippen molar-refractivity contribution in [3.63, 3.8) is 0 Å². The minimum Gasteiger partial charge on any atom is -0.392 e. The zero-order valence-electron chi connectivity index (χ0n) is 15.2. The van der Waals surface area contributed by atoms with Gasteiger partial charge in [0.25, 0.3) is 0 Å². The lowest BCUT2D eigenvalue weighted by Crippen LogP contribution is -2.48. The van der Waals surface area contributed by atoms with E-state index in [0.29, 0.717) is 13.1 Å². The Balaban J connectivity index is 2.74. The molecule has 0 bridgehead atoms. The zero-order chi connectivity index (χ0) is 17.6. The van der Waals surface area contributed by atoms with Crippen molar-refractivity contribution in [3.8, 4) is 0 Å². The van der Waals surface area contributed by atoms with Gasteiger partial charge in [-0.25, -0.2) is 4.79 Å². The van der Waals surface area contributed by atoms with Crippen LogP contribution in [0.5, 0.6) is 0 Å². The molecular weight excluding hydrogens is 290 g/mol. The summed E-state index contributed by atoms with van der Waals surface area (Å²) in [6, 6.07) is 8.38. The smallest absolute Gasteiger partial charge is 0.317 e. The maximum Gasteiger partial charge on any atom is 0.317 e. The summed E-state index contributed by atoms with van der Waals surface area (Å²) >= 11 is 0. The lowest BCUT2D eigenvalue weighted by atomic mass is 10.0. The van der Waals surface area contributed by atoms with E-state index in [0.717, 1.165) is 0 Å². The third kappa shape index (κ3) is 6.20. The van der Waals surface area contributed by atoms with Gasteiger partial charge in [0.05, 0.1) is 12.1 Å². The molecule has 23 heavy (non-hydrogen) atoms. The third-order valence-electron chi connectivity index (χ3n) is 3.88. The quantitative estimate of drug-likeness (QED) is 0.811. The number of rotatable bonds is 7. The molecule has 0 spiro atoms. The normalized spacial score (nSPS) is 14.0. The van der Waals surface area contributed by atoms with Crippen molar-refractivity contribution in [2.45, 2.75) is 45.9 Å². The monoisotopic (exact) mass is 321 g/mol. The molecule has 0 aliphatic rings. The maximum atomic E-state index is 12.4.